The van der Waals surface area contributed by atoms with Crippen molar-refractivity contribution in [2.24, 2.45) is 0 Å². The average molecular weight is 312 g/mol. The Morgan fingerprint density at radius 1 is 1.14 bits per heavy atom. The van der Waals surface area contributed by atoms with Crippen LogP contribution in [0, 0.1) is 0 Å². The molecule has 0 aromatic carbocycles. The topological polar surface area (TPSA) is 47.1 Å². The predicted octanol–water partition coefficient (Wildman–Crippen LogP) is 2.88. The third-order valence-electron chi connectivity index (χ3n) is 4.38. The number of hydrogen-bond donors (Lipinski definition) is 1. The molecule has 2 aromatic rings. The maximum absolute atomic E-state index is 13.0. The minimum absolute atomic E-state index is 0.0136. The van der Waals surface area contributed by atoms with E-state index in [0.29, 0.717) is 5.46 Å². The van der Waals surface area contributed by atoms with Crippen molar-refractivity contribution >= 4 is 23.6 Å². The summed E-state index contributed by atoms with van der Waals surface area (Å²) >= 11 is 0. The van der Waals surface area contributed by atoms with Gasteiger partial charge in [-0.05, 0) is 33.8 Å². The molecule has 3 heterocycles. The molecule has 0 spiro atoms. The predicted molar refractivity (Wildman–Crippen MR) is 76.8 cm³/mol. The molecule has 0 aliphatic carbocycles. The molecule has 1 aliphatic heterocycles. The van der Waals surface area contributed by atoms with E-state index in [0.717, 1.165) is 6.20 Å². The molecule has 3 rings (SSSR count). The van der Waals surface area contributed by atoms with Gasteiger partial charge in [-0.2, -0.15) is 13.2 Å². The first-order valence-corrected chi connectivity index (χ1v) is 6.91. The van der Waals surface area contributed by atoms with Crippen molar-refractivity contribution in [2.45, 2.75) is 45.1 Å². The lowest BCUT2D eigenvalue weighted by molar-refractivity contribution is -0.136. The summed E-state index contributed by atoms with van der Waals surface area (Å²) in [7, 11) is -0.738. The van der Waals surface area contributed by atoms with Crippen LogP contribution in [0.2, 0.25) is 0 Å². The number of hydrogen-bond acceptors (Lipinski definition) is 3. The molecule has 1 saturated heterocycles. The fourth-order valence-electron chi connectivity index (χ4n) is 2.36. The van der Waals surface area contributed by atoms with Crippen LogP contribution in [0.25, 0.3) is 11.0 Å². The van der Waals surface area contributed by atoms with Gasteiger partial charge in [-0.3, -0.25) is 0 Å². The quantitative estimate of drug-likeness (QED) is 0.824. The number of nitrogens with zero attached hydrogens (tertiary/aromatic N) is 1. The number of alkyl halides is 3. The van der Waals surface area contributed by atoms with E-state index in [4.69, 9.17) is 9.31 Å². The molecule has 22 heavy (non-hydrogen) atoms. The van der Waals surface area contributed by atoms with Gasteiger partial charge in [-0.25, -0.2) is 4.98 Å². The maximum Gasteiger partial charge on any atom is 0.496 e. The Morgan fingerprint density at radius 3 is 2.27 bits per heavy atom. The number of fused-ring (bicyclic) bond motifs is 1. The Labute approximate surface area is 126 Å². The minimum Gasteiger partial charge on any atom is -0.399 e. The van der Waals surface area contributed by atoms with Gasteiger partial charge < -0.3 is 14.3 Å². The SMILES string of the molecule is CC1(C)OB(c2cnc3[nH]cc(C(F)(F)F)c3c2)OC1(C)C. The van der Waals surface area contributed by atoms with E-state index in [1.807, 2.05) is 27.7 Å². The molecule has 0 saturated carbocycles. The van der Waals surface area contributed by atoms with Crippen LogP contribution in [0.3, 0.4) is 0 Å². The second-order valence-electron chi connectivity index (χ2n) is 6.45. The van der Waals surface area contributed by atoms with Crippen LogP contribution >= 0.6 is 0 Å². The highest BCUT2D eigenvalue weighted by Crippen LogP contribution is 2.37. The summed E-state index contributed by atoms with van der Waals surface area (Å²) in [5.74, 6) is 0. The van der Waals surface area contributed by atoms with Crippen LogP contribution in [0.5, 0.6) is 0 Å². The van der Waals surface area contributed by atoms with E-state index in [1.54, 1.807) is 0 Å². The molecule has 8 heteroatoms. The highest BCUT2D eigenvalue weighted by Gasteiger charge is 2.52. The summed E-state index contributed by atoms with van der Waals surface area (Å²) in [6.45, 7) is 7.54. The summed E-state index contributed by atoms with van der Waals surface area (Å²) in [4.78, 5) is 6.57. The van der Waals surface area contributed by atoms with Crippen molar-refractivity contribution in [3.63, 3.8) is 0 Å². The Hall–Kier alpha value is -1.54. The lowest BCUT2D eigenvalue weighted by atomic mass is 9.80. The molecular weight excluding hydrogens is 296 g/mol. The zero-order valence-corrected chi connectivity index (χ0v) is 12.7. The largest absolute Gasteiger partial charge is 0.496 e. The van der Waals surface area contributed by atoms with Gasteiger partial charge in [0.15, 0.2) is 0 Å². The molecule has 1 fully saturated rings. The van der Waals surface area contributed by atoms with Crippen molar-refractivity contribution < 1.29 is 22.5 Å². The van der Waals surface area contributed by atoms with E-state index in [9.17, 15) is 13.2 Å². The highest BCUT2D eigenvalue weighted by atomic mass is 19.4. The summed E-state index contributed by atoms with van der Waals surface area (Å²) in [5.41, 5.74) is -1.20. The maximum atomic E-state index is 13.0. The number of aromatic amines is 1. The van der Waals surface area contributed by atoms with Gasteiger partial charge in [0.1, 0.15) is 5.65 Å². The normalized spacial score (nSPS) is 20.8. The molecule has 0 bridgehead atoms. The lowest BCUT2D eigenvalue weighted by Crippen LogP contribution is -2.41. The Balaban J connectivity index is 2.03. The van der Waals surface area contributed by atoms with Crippen molar-refractivity contribution in [3.05, 3.63) is 24.0 Å². The number of rotatable bonds is 1. The van der Waals surface area contributed by atoms with Crippen molar-refractivity contribution in [1.82, 2.24) is 9.97 Å². The van der Waals surface area contributed by atoms with Gasteiger partial charge in [-0.15, -0.1) is 0 Å². The first-order chi connectivity index (χ1) is 10.0. The molecule has 4 nitrogen and oxygen atoms in total. The second kappa shape index (κ2) is 4.49. The van der Waals surface area contributed by atoms with Crippen LogP contribution in [0.1, 0.15) is 33.3 Å². The van der Waals surface area contributed by atoms with Gasteiger partial charge in [0.05, 0.1) is 16.8 Å². The van der Waals surface area contributed by atoms with Crippen molar-refractivity contribution in [3.8, 4) is 0 Å². The fraction of sp³-hybridized carbons (Fsp3) is 0.500. The van der Waals surface area contributed by atoms with E-state index in [-0.39, 0.29) is 11.0 Å². The molecule has 2 aromatic heterocycles. The molecule has 0 amide bonds. The molecule has 0 atom stereocenters. The van der Waals surface area contributed by atoms with E-state index < -0.39 is 30.1 Å². The smallest absolute Gasteiger partial charge is 0.399 e. The van der Waals surface area contributed by atoms with Crippen LogP contribution in [0.4, 0.5) is 13.2 Å². The first-order valence-electron chi connectivity index (χ1n) is 6.91. The van der Waals surface area contributed by atoms with E-state index in [2.05, 4.69) is 9.97 Å². The minimum atomic E-state index is -4.44. The monoisotopic (exact) mass is 312 g/mol. The summed E-state index contributed by atoms with van der Waals surface area (Å²) in [6.07, 6.45) is -2.04. The number of halogens is 3. The number of aromatic nitrogens is 2. The van der Waals surface area contributed by atoms with Gasteiger partial charge in [-0.1, -0.05) is 0 Å². The number of pyridine rings is 1. The fourth-order valence-corrected chi connectivity index (χ4v) is 2.36. The number of H-pyrrole nitrogens is 1. The molecule has 1 aliphatic rings. The van der Waals surface area contributed by atoms with Crippen LogP contribution in [-0.4, -0.2) is 28.3 Å². The Morgan fingerprint density at radius 2 is 1.73 bits per heavy atom. The third-order valence-corrected chi connectivity index (χ3v) is 4.38. The van der Waals surface area contributed by atoms with Crippen molar-refractivity contribution in [1.29, 1.82) is 0 Å². The zero-order valence-electron chi connectivity index (χ0n) is 12.7. The van der Waals surface area contributed by atoms with Gasteiger partial charge in [0.25, 0.3) is 0 Å². The molecule has 1 N–H and O–H groups in total. The lowest BCUT2D eigenvalue weighted by Gasteiger charge is -2.32. The van der Waals surface area contributed by atoms with Gasteiger partial charge >= 0.3 is 13.3 Å². The molecular formula is C14H16BF3N2O2. The highest BCUT2D eigenvalue weighted by molar-refractivity contribution is 6.62. The summed E-state index contributed by atoms with van der Waals surface area (Å²) < 4.78 is 50.7. The van der Waals surface area contributed by atoms with Gasteiger partial charge in [0, 0.05) is 23.2 Å². The van der Waals surface area contributed by atoms with Crippen LogP contribution < -0.4 is 5.46 Å². The molecule has 118 valence electrons. The standard InChI is InChI=1S/C14H16BF3N2O2/c1-12(2)13(3,4)22-15(21-12)8-5-9-10(14(16,17)18)7-20-11(9)19-6-8/h5-7H,1-4H3,(H,19,20). The van der Waals surface area contributed by atoms with Gasteiger partial charge in [0.2, 0.25) is 0 Å². The van der Waals surface area contributed by atoms with E-state index >= 15 is 0 Å². The third kappa shape index (κ3) is 2.30. The summed E-state index contributed by atoms with van der Waals surface area (Å²) in [5, 5.41) is 0.0136. The average Bonchev–Trinajstić information content (AvgIpc) is 2.87. The summed E-state index contributed by atoms with van der Waals surface area (Å²) in [6, 6.07) is 1.42. The first kappa shape index (κ1) is 15.4. The Kier molecular flexibility index (Phi) is 3.13. The van der Waals surface area contributed by atoms with Crippen molar-refractivity contribution in [2.75, 3.05) is 0 Å². The number of nitrogens with one attached hydrogen (secondary N) is 1. The molecule has 0 radical (unpaired) electrons. The van der Waals surface area contributed by atoms with Crippen LogP contribution in [-0.2, 0) is 15.5 Å². The van der Waals surface area contributed by atoms with Crippen LogP contribution in [0.15, 0.2) is 18.5 Å². The zero-order chi connectivity index (χ0) is 16.3. The Bertz CT molecular complexity index is 708. The second-order valence-corrected chi connectivity index (χ2v) is 6.45. The molecule has 0 unspecified atom stereocenters. The van der Waals surface area contributed by atoms with E-state index in [1.165, 1.54) is 12.3 Å².